The number of rotatable bonds is 3. The molecule has 1 saturated heterocycles. The lowest BCUT2D eigenvalue weighted by molar-refractivity contribution is -0.120. The highest BCUT2D eigenvalue weighted by atomic mass is 16.3. The van der Waals surface area contributed by atoms with E-state index in [-0.39, 0.29) is 11.9 Å². The quantitative estimate of drug-likeness (QED) is 0.889. The Labute approximate surface area is 120 Å². The van der Waals surface area contributed by atoms with Crippen molar-refractivity contribution in [2.75, 3.05) is 13.1 Å². The van der Waals surface area contributed by atoms with Gasteiger partial charge in [-0.2, -0.15) is 0 Å². The molecule has 0 aromatic heterocycles. The van der Waals surface area contributed by atoms with Gasteiger partial charge in [0, 0.05) is 31.6 Å². The summed E-state index contributed by atoms with van der Waals surface area (Å²) in [6.45, 7) is 8.24. The molecule has 4 nitrogen and oxygen atoms in total. The number of carbonyl (C=O) groups is 1. The minimum Gasteiger partial charge on any atom is -0.508 e. The number of likely N-dealkylation sites (tertiary alicyclic amines) is 1. The molecule has 1 fully saturated rings. The van der Waals surface area contributed by atoms with Crippen molar-refractivity contribution >= 4 is 5.91 Å². The van der Waals surface area contributed by atoms with Gasteiger partial charge in [0.2, 0.25) is 5.91 Å². The van der Waals surface area contributed by atoms with Crippen LogP contribution in [-0.4, -0.2) is 35.0 Å². The number of hydrogen-bond acceptors (Lipinski definition) is 3. The smallest absolute Gasteiger partial charge is 0.217 e. The third kappa shape index (κ3) is 3.73. The van der Waals surface area contributed by atoms with Crippen molar-refractivity contribution in [3.8, 4) is 5.75 Å². The maximum absolute atomic E-state index is 11.1. The van der Waals surface area contributed by atoms with Gasteiger partial charge in [0.1, 0.15) is 5.75 Å². The average molecular weight is 276 g/mol. The van der Waals surface area contributed by atoms with E-state index in [1.165, 1.54) is 5.56 Å². The van der Waals surface area contributed by atoms with Crippen molar-refractivity contribution in [2.45, 2.75) is 46.2 Å². The molecule has 4 heteroatoms. The summed E-state index contributed by atoms with van der Waals surface area (Å²) in [5.41, 5.74) is 3.28. The summed E-state index contributed by atoms with van der Waals surface area (Å²) in [6, 6.07) is 4.13. The van der Waals surface area contributed by atoms with E-state index in [1.807, 2.05) is 13.0 Å². The van der Waals surface area contributed by atoms with Crippen LogP contribution in [0.5, 0.6) is 5.75 Å². The van der Waals surface area contributed by atoms with E-state index in [1.54, 1.807) is 6.92 Å². The summed E-state index contributed by atoms with van der Waals surface area (Å²) in [7, 11) is 0. The number of hydrogen-bond donors (Lipinski definition) is 2. The molecular formula is C16H24N2O2. The number of aryl methyl sites for hydroxylation is 2. The number of amides is 1. The topological polar surface area (TPSA) is 52.6 Å². The van der Waals surface area contributed by atoms with Crippen molar-refractivity contribution in [2.24, 2.45) is 0 Å². The number of nitrogens with zero attached hydrogens (tertiary/aromatic N) is 1. The monoisotopic (exact) mass is 276 g/mol. The zero-order valence-electron chi connectivity index (χ0n) is 12.6. The molecule has 20 heavy (non-hydrogen) atoms. The first-order valence-electron chi connectivity index (χ1n) is 7.24. The normalized spacial score (nSPS) is 19.9. The van der Waals surface area contributed by atoms with Crippen molar-refractivity contribution < 1.29 is 9.90 Å². The number of phenolic OH excluding ortho intramolecular Hbond substituents is 1. The Morgan fingerprint density at radius 1 is 1.40 bits per heavy atom. The van der Waals surface area contributed by atoms with Gasteiger partial charge in [0.25, 0.3) is 0 Å². The van der Waals surface area contributed by atoms with E-state index in [0.717, 1.165) is 43.6 Å². The Bertz CT molecular complexity index is 499. The van der Waals surface area contributed by atoms with E-state index in [2.05, 4.69) is 23.2 Å². The lowest BCUT2D eigenvalue weighted by Gasteiger charge is -2.33. The van der Waals surface area contributed by atoms with Crippen molar-refractivity contribution in [1.29, 1.82) is 0 Å². The second-order valence-corrected chi connectivity index (χ2v) is 5.84. The molecule has 2 N–H and O–H groups in total. The largest absolute Gasteiger partial charge is 0.508 e. The van der Waals surface area contributed by atoms with Gasteiger partial charge in [0.15, 0.2) is 0 Å². The van der Waals surface area contributed by atoms with Gasteiger partial charge in [-0.1, -0.05) is 6.07 Å². The molecule has 1 amide bonds. The molecule has 1 aliphatic heterocycles. The second-order valence-electron chi connectivity index (χ2n) is 5.84. The molecule has 1 aliphatic rings. The van der Waals surface area contributed by atoms with Gasteiger partial charge >= 0.3 is 0 Å². The highest BCUT2D eigenvalue weighted by Gasteiger charge is 2.21. The van der Waals surface area contributed by atoms with E-state index in [9.17, 15) is 9.90 Å². The van der Waals surface area contributed by atoms with Gasteiger partial charge in [-0.15, -0.1) is 0 Å². The molecule has 0 aliphatic carbocycles. The second kappa shape index (κ2) is 6.27. The van der Waals surface area contributed by atoms with Crippen LogP contribution in [-0.2, 0) is 11.3 Å². The zero-order valence-corrected chi connectivity index (χ0v) is 12.6. The van der Waals surface area contributed by atoms with Crippen LogP contribution in [0.3, 0.4) is 0 Å². The molecule has 0 bridgehead atoms. The number of aromatic hydroxyl groups is 1. The molecule has 0 unspecified atom stereocenters. The van der Waals surface area contributed by atoms with Gasteiger partial charge in [0.05, 0.1) is 0 Å². The summed E-state index contributed by atoms with van der Waals surface area (Å²) >= 11 is 0. The maximum Gasteiger partial charge on any atom is 0.217 e. The Hall–Kier alpha value is -1.55. The molecule has 0 spiro atoms. The first-order valence-corrected chi connectivity index (χ1v) is 7.24. The minimum atomic E-state index is 0.0332. The van der Waals surface area contributed by atoms with Crippen LogP contribution < -0.4 is 5.32 Å². The number of nitrogens with one attached hydrogen (secondary N) is 1. The van der Waals surface area contributed by atoms with Crippen molar-refractivity contribution in [3.63, 3.8) is 0 Å². The van der Waals surface area contributed by atoms with Crippen LogP contribution in [0.1, 0.15) is 36.5 Å². The van der Waals surface area contributed by atoms with Crippen LogP contribution in [0.4, 0.5) is 0 Å². The molecule has 110 valence electrons. The summed E-state index contributed by atoms with van der Waals surface area (Å²) in [6.07, 6.45) is 2.12. The Balaban J connectivity index is 2.02. The van der Waals surface area contributed by atoms with E-state index in [4.69, 9.17) is 0 Å². The van der Waals surface area contributed by atoms with Gasteiger partial charge in [-0.05, 0) is 50.4 Å². The fourth-order valence-electron chi connectivity index (χ4n) is 2.83. The SMILES string of the molecule is CC(=O)N[C@H]1CCCN(Cc2cc(C)c(C)cc2O)C1. The molecule has 1 heterocycles. The summed E-state index contributed by atoms with van der Waals surface area (Å²) in [5.74, 6) is 0.403. The average Bonchev–Trinajstić information content (AvgIpc) is 2.35. The van der Waals surface area contributed by atoms with E-state index >= 15 is 0 Å². The van der Waals surface area contributed by atoms with Gasteiger partial charge < -0.3 is 10.4 Å². The standard InChI is InChI=1S/C16H24N2O2/c1-11-7-14(16(20)8-12(11)2)9-18-6-4-5-15(10-18)17-13(3)19/h7-8,15,20H,4-6,9-10H2,1-3H3,(H,17,19)/t15-/m0/s1. The highest BCUT2D eigenvalue weighted by Crippen LogP contribution is 2.24. The number of benzene rings is 1. The fraction of sp³-hybridized carbons (Fsp3) is 0.562. The first-order chi connectivity index (χ1) is 9.45. The summed E-state index contributed by atoms with van der Waals surface area (Å²) in [5, 5.41) is 13.1. The molecular weight excluding hydrogens is 252 g/mol. The van der Waals surface area contributed by atoms with Gasteiger partial charge in [-0.3, -0.25) is 9.69 Å². The summed E-state index contributed by atoms with van der Waals surface area (Å²) < 4.78 is 0. The number of phenols is 1. The predicted molar refractivity (Wildman–Crippen MR) is 79.7 cm³/mol. The van der Waals surface area contributed by atoms with E-state index in [0.29, 0.717) is 5.75 Å². The third-order valence-electron chi connectivity index (χ3n) is 4.00. The Morgan fingerprint density at radius 2 is 2.10 bits per heavy atom. The van der Waals surface area contributed by atoms with Gasteiger partial charge in [-0.25, -0.2) is 0 Å². The van der Waals surface area contributed by atoms with Crippen LogP contribution in [0, 0.1) is 13.8 Å². The van der Waals surface area contributed by atoms with Crippen molar-refractivity contribution in [1.82, 2.24) is 10.2 Å². The highest BCUT2D eigenvalue weighted by molar-refractivity contribution is 5.73. The summed E-state index contributed by atoms with van der Waals surface area (Å²) in [4.78, 5) is 13.4. The fourth-order valence-corrected chi connectivity index (χ4v) is 2.83. The number of carbonyl (C=O) groups excluding carboxylic acids is 1. The van der Waals surface area contributed by atoms with Crippen LogP contribution in [0.25, 0.3) is 0 Å². The molecule has 1 aromatic carbocycles. The van der Waals surface area contributed by atoms with Crippen LogP contribution in [0.2, 0.25) is 0 Å². The minimum absolute atomic E-state index is 0.0332. The lowest BCUT2D eigenvalue weighted by Crippen LogP contribution is -2.46. The molecule has 0 radical (unpaired) electrons. The molecule has 1 aromatic rings. The van der Waals surface area contributed by atoms with Crippen LogP contribution >= 0.6 is 0 Å². The number of piperidine rings is 1. The predicted octanol–water partition coefficient (Wildman–Crippen LogP) is 2.11. The maximum atomic E-state index is 11.1. The van der Waals surface area contributed by atoms with Crippen molar-refractivity contribution in [3.05, 3.63) is 28.8 Å². The van der Waals surface area contributed by atoms with Crippen LogP contribution in [0.15, 0.2) is 12.1 Å². The lowest BCUT2D eigenvalue weighted by atomic mass is 10.0. The van der Waals surface area contributed by atoms with E-state index < -0.39 is 0 Å². The Kier molecular flexibility index (Phi) is 4.65. The first kappa shape index (κ1) is 14.9. The Morgan fingerprint density at radius 3 is 2.80 bits per heavy atom. The molecule has 2 rings (SSSR count). The molecule has 0 saturated carbocycles. The third-order valence-corrected chi connectivity index (χ3v) is 4.00. The zero-order chi connectivity index (χ0) is 14.7. The molecule has 1 atom stereocenters.